The molecule has 3 N–H and O–H groups in total. The molecule has 0 unspecified atom stereocenters. The number of carboxylic acid groups (broad SMARTS) is 1. The van der Waals surface area contributed by atoms with Gasteiger partial charge in [0.15, 0.2) is 0 Å². The second-order valence-electron chi connectivity index (χ2n) is 2.48. The van der Waals surface area contributed by atoms with E-state index in [0.29, 0.717) is 0 Å². The predicted octanol–water partition coefficient (Wildman–Crippen LogP) is 1.36. The first-order chi connectivity index (χ1) is 6.15. The van der Waals surface area contributed by atoms with Gasteiger partial charge in [0.05, 0.1) is 18.5 Å². The summed E-state index contributed by atoms with van der Waals surface area (Å²) in [5.41, 5.74) is 5.61. The van der Waals surface area contributed by atoms with Gasteiger partial charge in [-0.25, -0.2) is 4.79 Å². The lowest BCUT2D eigenvalue weighted by Gasteiger charge is -2.01. The van der Waals surface area contributed by atoms with Crippen molar-refractivity contribution in [3.8, 4) is 6.07 Å². The fraction of sp³-hybridized carbons (Fsp3) is 0.250. The van der Waals surface area contributed by atoms with E-state index >= 15 is 0 Å². The quantitative estimate of drug-likeness (QED) is 0.764. The Balaban J connectivity index is 2.80. The van der Waals surface area contributed by atoms with Gasteiger partial charge in [0.25, 0.3) is 0 Å². The molecule has 0 spiro atoms. The van der Waals surface area contributed by atoms with Crippen LogP contribution in [0.3, 0.4) is 0 Å². The molecule has 0 aliphatic rings. The third kappa shape index (κ3) is 2.28. The largest absolute Gasteiger partial charge is 0.477 e. The second-order valence-corrected chi connectivity index (χ2v) is 3.59. The minimum atomic E-state index is -0.958. The Morgan fingerprint density at radius 3 is 2.92 bits per heavy atom. The fourth-order valence-corrected chi connectivity index (χ4v) is 1.71. The molecule has 4 nitrogen and oxygen atoms in total. The molecule has 0 amide bonds. The van der Waals surface area contributed by atoms with E-state index in [1.54, 1.807) is 6.07 Å². The van der Waals surface area contributed by atoms with Crippen LogP contribution < -0.4 is 5.73 Å². The molecule has 1 aromatic rings. The van der Waals surface area contributed by atoms with E-state index in [1.165, 1.54) is 6.07 Å². The van der Waals surface area contributed by atoms with Gasteiger partial charge in [-0.05, 0) is 12.1 Å². The normalized spacial score (nSPS) is 12.0. The van der Waals surface area contributed by atoms with Gasteiger partial charge in [-0.15, -0.1) is 11.3 Å². The maximum absolute atomic E-state index is 10.5. The zero-order valence-electron chi connectivity index (χ0n) is 6.73. The monoisotopic (exact) mass is 196 g/mol. The predicted molar refractivity (Wildman–Crippen MR) is 48.4 cm³/mol. The molecule has 0 radical (unpaired) electrons. The molecule has 0 fully saturated rings. The number of carbonyl (C=O) groups is 1. The van der Waals surface area contributed by atoms with Crippen molar-refractivity contribution >= 4 is 17.3 Å². The van der Waals surface area contributed by atoms with Gasteiger partial charge in [0, 0.05) is 4.88 Å². The van der Waals surface area contributed by atoms with Crippen molar-refractivity contribution in [1.29, 1.82) is 5.26 Å². The Hall–Kier alpha value is -1.38. The molecule has 0 bridgehead atoms. The Kier molecular flexibility index (Phi) is 3.01. The number of thiophene rings is 1. The van der Waals surface area contributed by atoms with Crippen LogP contribution in [0.2, 0.25) is 0 Å². The van der Waals surface area contributed by atoms with Crippen LogP contribution in [0.25, 0.3) is 0 Å². The second kappa shape index (κ2) is 4.03. The average molecular weight is 196 g/mol. The molecule has 68 valence electrons. The van der Waals surface area contributed by atoms with E-state index in [-0.39, 0.29) is 17.3 Å². The van der Waals surface area contributed by atoms with Crippen LogP contribution in [0, 0.1) is 11.3 Å². The number of nitriles is 1. The van der Waals surface area contributed by atoms with Gasteiger partial charge < -0.3 is 10.8 Å². The highest BCUT2D eigenvalue weighted by Gasteiger charge is 2.11. The van der Waals surface area contributed by atoms with Crippen LogP contribution in [0.5, 0.6) is 0 Å². The van der Waals surface area contributed by atoms with E-state index in [0.717, 1.165) is 16.2 Å². The van der Waals surface area contributed by atoms with Crippen molar-refractivity contribution in [2.24, 2.45) is 5.73 Å². The number of nitrogens with zero attached hydrogens (tertiary/aromatic N) is 1. The Bertz CT molecular complexity index is 353. The van der Waals surface area contributed by atoms with Gasteiger partial charge in [-0.3, -0.25) is 0 Å². The van der Waals surface area contributed by atoms with Crippen molar-refractivity contribution in [3.63, 3.8) is 0 Å². The lowest BCUT2D eigenvalue weighted by atomic mass is 10.2. The van der Waals surface area contributed by atoms with E-state index in [2.05, 4.69) is 0 Å². The van der Waals surface area contributed by atoms with E-state index in [9.17, 15) is 4.79 Å². The number of nitrogens with two attached hydrogens (primary N) is 1. The van der Waals surface area contributed by atoms with Crippen molar-refractivity contribution < 1.29 is 9.90 Å². The number of hydrogen-bond donors (Lipinski definition) is 2. The lowest BCUT2D eigenvalue weighted by molar-refractivity contribution is 0.0702. The Labute approximate surface area is 79.2 Å². The summed E-state index contributed by atoms with van der Waals surface area (Å²) in [6.07, 6.45) is 0.208. The molecule has 5 heteroatoms. The molecule has 0 aromatic carbocycles. The van der Waals surface area contributed by atoms with Crippen LogP contribution in [0.1, 0.15) is 27.0 Å². The van der Waals surface area contributed by atoms with Crippen molar-refractivity contribution in [3.05, 3.63) is 21.9 Å². The van der Waals surface area contributed by atoms with Crippen LogP contribution in [0.4, 0.5) is 0 Å². The summed E-state index contributed by atoms with van der Waals surface area (Å²) in [5, 5.41) is 17.0. The number of aromatic carboxylic acids is 1. The van der Waals surface area contributed by atoms with Gasteiger partial charge in [-0.1, -0.05) is 0 Å². The molecule has 1 aromatic heterocycles. The summed E-state index contributed by atoms with van der Waals surface area (Å²) in [4.78, 5) is 11.5. The molecule has 1 heterocycles. The Morgan fingerprint density at radius 1 is 1.77 bits per heavy atom. The molecule has 0 saturated heterocycles. The SMILES string of the molecule is N#CC[C@@H](N)c1ccc(C(=O)O)s1. The van der Waals surface area contributed by atoms with Gasteiger partial charge >= 0.3 is 5.97 Å². The minimum absolute atomic E-state index is 0.208. The first-order valence-corrected chi connectivity index (χ1v) is 4.42. The topological polar surface area (TPSA) is 87.1 Å². The van der Waals surface area contributed by atoms with E-state index < -0.39 is 5.97 Å². The minimum Gasteiger partial charge on any atom is -0.477 e. The van der Waals surface area contributed by atoms with Crippen molar-refractivity contribution in [1.82, 2.24) is 0 Å². The van der Waals surface area contributed by atoms with Gasteiger partial charge in [-0.2, -0.15) is 5.26 Å². The molecule has 0 saturated carbocycles. The maximum atomic E-state index is 10.5. The van der Waals surface area contributed by atoms with Crippen LogP contribution in [-0.4, -0.2) is 11.1 Å². The van der Waals surface area contributed by atoms with Crippen LogP contribution in [-0.2, 0) is 0 Å². The molecular formula is C8H8N2O2S. The highest BCUT2D eigenvalue weighted by molar-refractivity contribution is 7.14. The van der Waals surface area contributed by atoms with Gasteiger partial charge in [0.1, 0.15) is 4.88 Å². The Morgan fingerprint density at radius 2 is 2.46 bits per heavy atom. The maximum Gasteiger partial charge on any atom is 0.345 e. The van der Waals surface area contributed by atoms with Crippen molar-refractivity contribution in [2.75, 3.05) is 0 Å². The first kappa shape index (κ1) is 9.71. The summed E-state index contributed by atoms with van der Waals surface area (Å²) < 4.78 is 0. The third-order valence-electron chi connectivity index (χ3n) is 1.51. The van der Waals surface area contributed by atoms with Crippen LogP contribution in [0.15, 0.2) is 12.1 Å². The zero-order valence-corrected chi connectivity index (χ0v) is 7.54. The fourth-order valence-electron chi connectivity index (χ4n) is 0.866. The first-order valence-electron chi connectivity index (χ1n) is 3.60. The molecule has 1 atom stereocenters. The average Bonchev–Trinajstić information content (AvgIpc) is 2.52. The molecule has 13 heavy (non-hydrogen) atoms. The standard InChI is InChI=1S/C8H8N2O2S/c9-4-3-5(10)6-1-2-7(13-6)8(11)12/h1-2,5H,3,10H2,(H,11,12)/t5-/m1/s1. The zero-order chi connectivity index (χ0) is 9.84. The van der Waals surface area contributed by atoms with E-state index in [4.69, 9.17) is 16.1 Å². The van der Waals surface area contributed by atoms with E-state index in [1.807, 2.05) is 6.07 Å². The number of carboxylic acids is 1. The van der Waals surface area contributed by atoms with Crippen LogP contribution >= 0.6 is 11.3 Å². The van der Waals surface area contributed by atoms with Crippen molar-refractivity contribution in [2.45, 2.75) is 12.5 Å². The number of rotatable bonds is 3. The molecular weight excluding hydrogens is 188 g/mol. The molecule has 0 aliphatic carbocycles. The summed E-state index contributed by atoms with van der Waals surface area (Å²) in [6, 6.07) is 4.72. The highest BCUT2D eigenvalue weighted by Crippen LogP contribution is 2.23. The summed E-state index contributed by atoms with van der Waals surface area (Å²) in [6.45, 7) is 0. The number of hydrogen-bond acceptors (Lipinski definition) is 4. The third-order valence-corrected chi connectivity index (χ3v) is 2.72. The smallest absolute Gasteiger partial charge is 0.345 e. The summed E-state index contributed by atoms with van der Waals surface area (Å²) in [5.74, 6) is -0.958. The molecule has 0 aliphatic heterocycles. The lowest BCUT2D eigenvalue weighted by Crippen LogP contribution is -2.06. The summed E-state index contributed by atoms with van der Waals surface area (Å²) >= 11 is 1.11. The molecule has 1 rings (SSSR count). The highest BCUT2D eigenvalue weighted by atomic mass is 32.1. The summed E-state index contributed by atoms with van der Waals surface area (Å²) in [7, 11) is 0. The van der Waals surface area contributed by atoms with Gasteiger partial charge in [0.2, 0.25) is 0 Å².